The van der Waals surface area contributed by atoms with Crippen LogP contribution in [0.4, 0.5) is 11.5 Å². The molecule has 0 atom stereocenters. The fraction of sp³-hybridized carbons (Fsp3) is 0.379. The van der Waals surface area contributed by atoms with Crippen LogP contribution in [-0.4, -0.2) is 81.5 Å². The van der Waals surface area contributed by atoms with Gasteiger partial charge in [0, 0.05) is 70.0 Å². The molecule has 1 amide bonds. The second-order valence-corrected chi connectivity index (χ2v) is 10.2. The molecule has 9 nitrogen and oxygen atoms in total. The molecule has 4 heterocycles. The Kier molecular flexibility index (Phi) is 6.92. The number of piperazine rings is 1. The molecule has 0 unspecified atom stereocenters. The summed E-state index contributed by atoms with van der Waals surface area (Å²) in [5, 5.41) is 3.49. The van der Waals surface area contributed by atoms with Crippen LogP contribution >= 0.6 is 0 Å². The SMILES string of the molecule is CN1CCN(c2ccc(-c3nc(NCc4ccccc4)c4ncn(CCN5CCCC5=O)c4n3)cc2)CC1. The summed E-state index contributed by atoms with van der Waals surface area (Å²) in [5.41, 5.74) is 4.89. The van der Waals surface area contributed by atoms with Gasteiger partial charge in [-0.3, -0.25) is 4.79 Å². The maximum absolute atomic E-state index is 12.1. The van der Waals surface area contributed by atoms with Crippen molar-refractivity contribution in [2.24, 2.45) is 0 Å². The van der Waals surface area contributed by atoms with E-state index in [1.807, 2.05) is 34.0 Å². The highest BCUT2D eigenvalue weighted by Crippen LogP contribution is 2.27. The second-order valence-electron chi connectivity index (χ2n) is 10.2. The minimum Gasteiger partial charge on any atom is -0.369 e. The molecular formula is C29H34N8O. The number of benzene rings is 2. The van der Waals surface area contributed by atoms with Crippen molar-refractivity contribution in [1.82, 2.24) is 29.3 Å². The van der Waals surface area contributed by atoms with Crippen LogP contribution in [0.5, 0.6) is 0 Å². The van der Waals surface area contributed by atoms with Gasteiger partial charge in [0.05, 0.1) is 6.33 Å². The molecule has 1 N–H and O–H groups in total. The Balaban J connectivity index is 1.29. The molecule has 0 aliphatic carbocycles. The number of likely N-dealkylation sites (N-methyl/N-ethyl adjacent to an activating group) is 1. The summed E-state index contributed by atoms with van der Waals surface area (Å²) in [5.74, 6) is 1.61. The fourth-order valence-corrected chi connectivity index (χ4v) is 5.20. The first-order valence-corrected chi connectivity index (χ1v) is 13.5. The maximum Gasteiger partial charge on any atom is 0.222 e. The van der Waals surface area contributed by atoms with E-state index in [0.717, 1.165) is 55.9 Å². The van der Waals surface area contributed by atoms with Gasteiger partial charge in [0.2, 0.25) is 5.91 Å². The minimum absolute atomic E-state index is 0.232. The lowest BCUT2D eigenvalue weighted by Gasteiger charge is -2.34. The average Bonchev–Trinajstić information content (AvgIpc) is 3.57. The second kappa shape index (κ2) is 10.8. The Morgan fingerprint density at radius 2 is 1.68 bits per heavy atom. The molecule has 0 saturated carbocycles. The van der Waals surface area contributed by atoms with E-state index in [-0.39, 0.29) is 5.91 Å². The number of nitrogens with zero attached hydrogens (tertiary/aromatic N) is 7. The lowest BCUT2D eigenvalue weighted by atomic mass is 10.1. The van der Waals surface area contributed by atoms with Crippen LogP contribution in [0.3, 0.4) is 0 Å². The van der Waals surface area contributed by atoms with Crippen molar-refractivity contribution in [2.75, 3.05) is 56.5 Å². The summed E-state index contributed by atoms with van der Waals surface area (Å²) in [6.07, 6.45) is 3.40. The van der Waals surface area contributed by atoms with E-state index >= 15 is 0 Å². The summed E-state index contributed by atoms with van der Waals surface area (Å²) < 4.78 is 2.04. The largest absolute Gasteiger partial charge is 0.369 e. The molecule has 2 fully saturated rings. The molecule has 0 bridgehead atoms. The minimum atomic E-state index is 0.232. The number of imidazole rings is 1. The molecular weight excluding hydrogens is 476 g/mol. The van der Waals surface area contributed by atoms with E-state index in [2.05, 4.69) is 63.5 Å². The molecule has 196 valence electrons. The van der Waals surface area contributed by atoms with Gasteiger partial charge in [-0.15, -0.1) is 0 Å². The molecule has 2 aliphatic heterocycles. The van der Waals surface area contributed by atoms with Crippen LogP contribution in [-0.2, 0) is 17.9 Å². The zero-order valence-electron chi connectivity index (χ0n) is 21.9. The van der Waals surface area contributed by atoms with Crippen LogP contribution in [0.2, 0.25) is 0 Å². The smallest absolute Gasteiger partial charge is 0.222 e. The van der Waals surface area contributed by atoms with Crippen molar-refractivity contribution < 1.29 is 4.79 Å². The molecule has 0 radical (unpaired) electrons. The Hall–Kier alpha value is -3.98. The molecule has 0 spiro atoms. The first-order valence-electron chi connectivity index (χ1n) is 13.5. The van der Waals surface area contributed by atoms with Crippen LogP contribution in [0.1, 0.15) is 18.4 Å². The zero-order valence-corrected chi connectivity index (χ0v) is 21.9. The Morgan fingerprint density at radius 1 is 0.895 bits per heavy atom. The van der Waals surface area contributed by atoms with Gasteiger partial charge in [0.25, 0.3) is 0 Å². The standard InChI is InChI=1S/C29H34N8O/c1-34-14-16-35(17-15-34)24-11-9-23(10-12-24)27-32-28(30-20-22-6-3-2-4-7-22)26-29(33-27)37(21-31-26)19-18-36-13-5-8-25(36)38/h2-4,6-7,9-12,21H,5,8,13-20H2,1H3,(H,30,32,33). The van der Waals surface area contributed by atoms with Crippen molar-refractivity contribution in [3.05, 3.63) is 66.5 Å². The van der Waals surface area contributed by atoms with Gasteiger partial charge in [-0.1, -0.05) is 30.3 Å². The number of anilines is 2. The quantitative estimate of drug-likeness (QED) is 0.389. The van der Waals surface area contributed by atoms with Gasteiger partial charge in [0.1, 0.15) is 5.52 Å². The Labute approximate surface area is 223 Å². The number of carbonyl (C=O) groups excluding carboxylic acids is 1. The number of carbonyl (C=O) groups is 1. The lowest BCUT2D eigenvalue weighted by Crippen LogP contribution is -2.44. The molecule has 6 rings (SSSR count). The number of hydrogen-bond acceptors (Lipinski definition) is 7. The van der Waals surface area contributed by atoms with Crippen molar-refractivity contribution in [2.45, 2.75) is 25.9 Å². The summed E-state index contributed by atoms with van der Waals surface area (Å²) >= 11 is 0. The number of aromatic nitrogens is 4. The predicted octanol–water partition coefficient (Wildman–Crippen LogP) is 3.48. The number of amides is 1. The normalized spacial score (nSPS) is 16.5. The third kappa shape index (κ3) is 5.19. The van der Waals surface area contributed by atoms with E-state index in [1.54, 1.807) is 0 Å². The van der Waals surface area contributed by atoms with E-state index in [4.69, 9.17) is 9.97 Å². The highest BCUT2D eigenvalue weighted by Gasteiger charge is 2.21. The summed E-state index contributed by atoms with van der Waals surface area (Å²) in [6, 6.07) is 18.8. The van der Waals surface area contributed by atoms with Crippen molar-refractivity contribution in [3.63, 3.8) is 0 Å². The summed E-state index contributed by atoms with van der Waals surface area (Å²) in [7, 11) is 2.17. The number of nitrogens with one attached hydrogen (secondary N) is 1. The van der Waals surface area contributed by atoms with Gasteiger partial charge in [-0.05, 0) is 43.3 Å². The molecule has 2 aromatic carbocycles. The molecule has 4 aromatic rings. The third-order valence-corrected chi connectivity index (χ3v) is 7.54. The number of fused-ring (bicyclic) bond motifs is 1. The molecule has 9 heteroatoms. The van der Waals surface area contributed by atoms with Crippen molar-refractivity contribution in [3.8, 4) is 11.4 Å². The highest BCUT2D eigenvalue weighted by molar-refractivity contribution is 5.85. The Morgan fingerprint density at radius 3 is 2.42 bits per heavy atom. The Bertz CT molecular complexity index is 1390. The molecule has 2 aliphatic rings. The number of hydrogen-bond donors (Lipinski definition) is 1. The highest BCUT2D eigenvalue weighted by atomic mass is 16.2. The van der Waals surface area contributed by atoms with E-state index in [9.17, 15) is 4.79 Å². The summed E-state index contributed by atoms with van der Waals surface area (Å²) in [4.78, 5) is 33.4. The third-order valence-electron chi connectivity index (χ3n) is 7.54. The van der Waals surface area contributed by atoms with Crippen LogP contribution in [0.25, 0.3) is 22.6 Å². The van der Waals surface area contributed by atoms with Gasteiger partial charge < -0.3 is 24.6 Å². The van der Waals surface area contributed by atoms with Crippen LogP contribution in [0, 0.1) is 0 Å². The van der Waals surface area contributed by atoms with E-state index in [0.29, 0.717) is 37.7 Å². The number of likely N-dealkylation sites (tertiary alicyclic amines) is 1. The van der Waals surface area contributed by atoms with Gasteiger partial charge >= 0.3 is 0 Å². The van der Waals surface area contributed by atoms with Gasteiger partial charge in [-0.2, -0.15) is 0 Å². The first kappa shape index (κ1) is 24.4. The fourth-order valence-electron chi connectivity index (χ4n) is 5.20. The number of rotatable bonds is 8. The van der Waals surface area contributed by atoms with Crippen molar-refractivity contribution in [1.29, 1.82) is 0 Å². The van der Waals surface area contributed by atoms with Crippen LogP contribution in [0.15, 0.2) is 60.9 Å². The van der Waals surface area contributed by atoms with Gasteiger partial charge in [0.15, 0.2) is 17.3 Å². The van der Waals surface area contributed by atoms with E-state index in [1.165, 1.54) is 11.3 Å². The maximum atomic E-state index is 12.1. The van der Waals surface area contributed by atoms with E-state index < -0.39 is 0 Å². The molecule has 38 heavy (non-hydrogen) atoms. The lowest BCUT2D eigenvalue weighted by molar-refractivity contribution is -0.127. The van der Waals surface area contributed by atoms with Gasteiger partial charge in [-0.25, -0.2) is 15.0 Å². The average molecular weight is 511 g/mol. The van der Waals surface area contributed by atoms with Crippen molar-refractivity contribution >= 4 is 28.6 Å². The topological polar surface area (TPSA) is 82.4 Å². The predicted molar refractivity (Wildman–Crippen MR) is 150 cm³/mol. The summed E-state index contributed by atoms with van der Waals surface area (Å²) in [6.45, 7) is 7.00. The first-order chi connectivity index (χ1) is 18.6. The van der Waals surface area contributed by atoms with Crippen LogP contribution < -0.4 is 10.2 Å². The monoisotopic (exact) mass is 510 g/mol. The molecule has 2 aromatic heterocycles. The zero-order chi connectivity index (χ0) is 25.9. The molecule has 2 saturated heterocycles.